The second-order valence-corrected chi connectivity index (χ2v) is 10.5. The summed E-state index contributed by atoms with van der Waals surface area (Å²) < 4.78 is 17.5. The number of rotatable bonds is 14. The van der Waals surface area contributed by atoms with Crippen molar-refractivity contribution >= 4 is 34.4 Å². The number of aliphatic hydroxyl groups excluding tert-OH is 3. The van der Waals surface area contributed by atoms with Gasteiger partial charge in [0.25, 0.3) is 0 Å². The Morgan fingerprint density at radius 3 is 2.57 bits per heavy atom. The highest BCUT2D eigenvalue weighted by Gasteiger charge is 2.40. The van der Waals surface area contributed by atoms with Crippen LogP contribution in [0, 0.1) is 9.49 Å². The fourth-order valence-corrected chi connectivity index (χ4v) is 4.89. The maximum Gasteiger partial charge on any atom is 0.247 e. The lowest BCUT2D eigenvalue weighted by molar-refractivity contribution is -0.139. The number of hydrogen-bond acceptors (Lipinski definition) is 8. The molecule has 0 heterocycles. The largest absolute Gasteiger partial charge is 0.493 e. The predicted octanol–water partition coefficient (Wildman–Crippen LogP) is 1.62. The number of hydrogen-bond donors (Lipinski definition) is 4. The van der Waals surface area contributed by atoms with Crippen molar-refractivity contribution in [3.8, 4) is 11.5 Å². The van der Waals surface area contributed by atoms with Gasteiger partial charge < -0.3 is 39.7 Å². The first-order valence-electron chi connectivity index (χ1n) is 12.4. The molecule has 0 fully saturated rings. The topological polar surface area (TPSA) is 138 Å². The average Bonchev–Trinajstić information content (AvgIpc) is 2.88. The van der Waals surface area contributed by atoms with Crippen molar-refractivity contribution in [2.75, 3.05) is 40.5 Å². The van der Waals surface area contributed by atoms with Crippen molar-refractivity contribution in [3.63, 3.8) is 0 Å². The molecule has 1 aromatic rings. The number of carbonyl (C=O) groups excluding carboxylic acids is 2. The van der Waals surface area contributed by atoms with Crippen molar-refractivity contribution in [1.82, 2.24) is 10.2 Å². The SMILES string of the molecule is COCCC(=O)N(CCC(C)C)[C@@H]1CC(C(=O)NCCO)=C[C@H](Oc2c(I)cc(CO)cc2OC)[C@H]1O. The standard InChI is InChI=1S/C26H39IN2O8/c1-16(2)5-8-29(23(32)6-10-35-3)20-13-18(26(34)28-7-9-30)14-21(24(20)33)37-25-19(27)11-17(15-31)12-22(25)36-4/h11-12,14,16,20-21,24,30-31,33H,5-10,13,15H2,1-4H3,(H,28,34)/t20-,21+,24+/m1/s1. The van der Waals surface area contributed by atoms with Crippen molar-refractivity contribution in [1.29, 1.82) is 0 Å². The first-order valence-corrected chi connectivity index (χ1v) is 13.4. The Morgan fingerprint density at radius 2 is 1.97 bits per heavy atom. The molecule has 0 aliphatic heterocycles. The van der Waals surface area contributed by atoms with Gasteiger partial charge in [0.1, 0.15) is 12.2 Å². The molecule has 0 saturated carbocycles. The molecule has 11 heteroatoms. The van der Waals surface area contributed by atoms with E-state index in [4.69, 9.17) is 19.3 Å². The van der Waals surface area contributed by atoms with Gasteiger partial charge in [-0.2, -0.15) is 0 Å². The molecule has 10 nitrogen and oxygen atoms in total. The number of benzene rings is 1. The fourth-order valence-electron chi connectivity index (χ4n) is 4.10. The van der Waals surface area contributed by atoms with E-state index in [2.05, 4.69) is 41.8 Å². The third-order valence-electron chi connectivity index (χ3n) is 6.13. The first kappa shape index (κ1) is 31.3. The molecule has 0 spiro atoms. The van der Waals surface area contributed by atoms with Crippen molar-refractivity contribution in [3.05, 3.63) is 32.9 Å². The zero-order valence-electron chi connectivity index (χ0n) is 21.9. The highest BCUT2D eigenvalue weighted by atomic mass is 127. The van der Waals surface area contributed by atoms with Gasteiger partial charge in [-0.05, 0) is 58.7 Å². The minimum absolute atomic E-state index is 0.0765. The summed E-state index contributed by atoms with van der Waals surface area (Å²) in [5.74, 6) is 0.476. The van der Waals surface area contributed by atoms with Gasteiger partial charge in [-0.3, -0.25) is 9.59 Å². The summed E-state index contributed by atoms with van der Waals surface area (Å²) in [5.41, 5.74) is 0.989. The summed E-state index contributed by atoms with van der Waals surface area (Å²) in [7, 11) is 3.00. The molecular formula is C26H39IN2O8. The molecule has 208 valence electrons. The minimum atomic E-state index is -1.13. The summed E-state index contributed by atoms with van der Waals surface area (Å²) in [6.45, 7) is 4.45. The highest BCUT2D eigenvalue weighted by molar-refractivity contribution is 14.1. The lowest BCUT2D eigenvalue weighted by Crippen LogP contribution is -2.55. The van der Waals surface area contributed by atoms with E-state index in [-0.39, 0.29) is 45.1 Å². The van der Waals surface area contributed by atoms with E-state index in [9.17, 15) is 19.8 Å². The van der Waals surface area contributed by atoms with Gasteiger partial charge >= 0.3 is 0 Å². The summed E-state index contributed by atoms with van der Waals surface area (Å²) in [5, 5.41) is 32.8. The lowest BCUT2D eigenvalue weighted by Gasteiger charge is -2.41. The van der Waals surface area contributed by atoms with Crippen LogP contribution >= 0.6 is 22.6 Å². The quantitative estimate of drug-likeness (QED) is 0.227. The van der Waals surface area contributed by atoms with E-state index < -0.39 is 24.2 Å². The van der Waals surface area contributed by atoms with Crippen LogP contribution in [0.4, 0.5) is 0 Å². The fraction of sp³-hybridized carbons (Fsp3) is 0.615. The number of ether oxygens (including phenoxy) is 3. The van der Waals surface area contributed by atoms with Crippen LogP contribution in [0.25, 0.3) is 0 Å². The molecule has 0 saturated heterocycles. The Morgan fingerprint density at radius 1 is 1.24 bits per heavy atom. The molecular weight excluding hydrogens is 595 g/mol. The van der Waals surface area contributed by atoms with Crippen LogP contribution in [0.5, 0.6) is 11.5 Å². The van der Waals surface area contributed by atoms with Gasteiger partial charge in [-0.15, -0.1) is 0 Å². The van der Waals surface area contributed by atoms with Crippen molar-refractivity contribution in [2.24, 2.45) is 5.92 Å². The van der Waals surface area contributed by atoms with Crippen LogP contribution in [0.2, 0.25) is 0 Å². The molecule has 1 aliphatic carbocycles. The molecule has 0 radical (unpaired) electrons. The van der Waals surface area contributed by atoms with E-state index in [0.717, 1.165) is 6.42 Å². The minimum Gasteiger partial charge on any atom is -0.493 e. The zero-order valence-corrected chi connectivity index (χ0v) is 24.1. The maximum absolute atomic E-state index is 13.2. The predicted molar refractivity (Wildman–Crippen MR) is 146 cm³/mol. The number of nitrogens with one attached hydrogen (secondary N) is 1. The molecule has 37 heavy (non-hydrogen) atoms. The van der Waals surface area contributed by atoms with Crippen LogP contribution in [-0.2, 0) is 20.9 Å². The van der Waals surface area contributed by atoms with Crippen LogP contribution < -0.4 is 14.8 Å². The van der Waals surface area contributed by atoms with Gasteiger partial charge in [0.15, 0.2) is 11.5 Å². The third kappa shape index (κ3) is 8.81. The summed E-state index contributed by atoms with van der Waals surface area (Å²) in [6, 6.07) is 2.67. The smallest absolute Gasteiger partial charge is 0.247 e. The van der Waals surface area contributed by atoms with E-state index in [1.165, 1.54) is 14.2 Å². The monoisotopic (exact) mass is 634 g/mol. The normalized spacial score (nSPS) is 19.4. The van der Waals surface area contributed by atoms with E-state index in [1.807, 2.05) is 0 Å². The van der Waals surface area contributed by atoms with Gasteiger partial charge in [-0.1, -0.05) is 13.8 Å². The second kappa shape index (κ2) is 15.5. The van der Waals surface area contributed by atoms with Gasteiger partial charge in [0.05, 0.1) is 43.0 Å². The van der Waals surface area contributed by atoms with Gasteiger partial charge in [0.2, 0.25) is 11.8 Å². The van der Waals surface area contributed by atoms with E-state index in [0.29, 0.717) is 38.7 Å². The van der Waals surface area contributed by atoms with Crippen molar-refractivity contribution < 1.29 is 39.1 Å². The summed E-state index contributed by atoms with van der Waals surface area (Å²) in [6.07, 6.45) is 0.459. The Hall–Kier alpha value is -1.93. The number of aliphatic hydroxyl groups is 3. The second-order valence-electron chi connectivity index (χ2n) is 9.30. The number of halogens is 1. The number of nitrogens with zero attached hydrogens (tertiary/aromatic N) is 1. The van der Waals surface area contributed by atoms with Crippen LogP contribution in [0.3, 0.4) is 0 Å². The van der Waals surface area contributed by atoms with Crippen LogP contribution in [0.1, 0.15) is 38.7 Å². The lowest BCUT2D eigenvalue weighted by atomic mass is 9.87. The van der Waals surface area contributed by atoms with Gasteiger partial charge in [0, 0.05) is 32.2 Å². The first-order chi connectivity index (χ1) is 17.7. The molecule has 0 aromatic heterocycles. The third-order valence-corrected chi connectivity index (χ3v) is 6.93. The van der Waals surface area contributed by atoms with Crippen LogP contribution in [-0.4, -0.2) is 90.8 Å². The van der Waals surface area contributed by atoms with Crippen molar-refractivity contribution in [2.45, 2.75) is 58.0 Å². The Labute approximate surface area is 232 Å². The van der Waals surface area contributed by atoms with Gasteiger partial charge in [-0.25, -0.2) is 0 Å². The maximum atomic E-state index is 13.2. The molecule has 3 atom stereocenters. The summed E-state index contributed by atoms with van der Waals surface area (Å²) >= 11 is 2.06. The Bertz CT molecular complexity index is 939. The molecule has 4 N–H and O–H groups in total. The molecule has 2 rings (SSSR count). The van der Waals surface area contributed by atoms with E-state index >= 15 is 0 Å². The van der Waals surface area contributed by atoms with E-state index in [1.54, 1.807) is 23.1 Å². The zero-order chi connectivity index (χ0) is 27.5. The number of methoxy groups -OCH3 is 2. The van der Waals surface area contributed by atoms with Crippen LogP contribution in [0.15, 0.2) is 23.8 Å². The molecule has 1 aliphatic rings. The number of carbonyl (C=O) groups is 2. The molecule has 1 aromatic carbocycles. The number of amides is 2. The Kier molecular flexibility index (Phi) is 13.1. The summed E-state index contributed by atoms with van der Waals surface area (Å²) in [4.78, 5) is 27.7. The molecule has 0 unspecified atom stereocenters. The average molecular weight is 635 g/mol. The highest BCUT2D eigenvalue weighted by Crippen LogP contribution is 2.37. The molecule has 2 amide bonds. The molecule has 0 bridgehead atoms. The Balaban J connectivity index is 2.48.